The van der Waals surface area contributed by atoms with Crippen molar-refractivity contribution in [1.29, 1.82) is 0 Å². The number of anilines is 1. The van der Waals surface area contributed by atoms with E-state index in [0.717, 1.165) is 15.8 Å². The van der Waals surface area contributed by atoms with Gasteiger partial charge in [-0.1, -0.05) is 41.7 Å². The zero-order valence-corrected chi connectivity index (χ0v) is 15.6. The topological polar surface area (TPSA) is 78.3 Å². The minimum absolute atomic E-state index is 0.203. The molecule has 1 unspecified atom stereocenters. The Kier molecular flexibility index (Phi) is 4.17. The van der Waals surface area contributed by atoms with Gasteiger partial charge in [0.15, 0.2) is 22.7 Å². The molecule has 140 valence electrons. The van der Waals surface area contributed by atoms with Crippen molar-refractivity contribution in [3.8, 4) is 11.5 Å². The molecule has 8 heteroatoms. The van der Waals surface area contributed by atoms with Crippen LogP contribution in [0.3, 0.4) is 0 Å². The highest BCUT2D eigenvalue weighted by Crippen LogP contribution is 2.38. The zero-order valence-electron chi connectivity index (χ0n) is 14.7. The normalized spacial score (nSPS) is 14.0. The Labute approximate surface area is 164 Å². The Hall–Kier alpha value is -3.39. The van der Waals surface area contributed by atoms with Gasteiger partial charge in [0.2, 0.25) is 0 Å². The van der Waals surface area contributed by atoms with E-state index in [-0.39, 0.29) is 5.91 Å². The fraction of sp³-hybridized carbons (Fsp3) is 0.150. The van der Waals surface area contributed by atoms with Crippen LogP contribution in [-0.4, -0.2) is 33.9 Å². The van der Waals surface area contributed by atoms with Gasteiger partial charge in [-0.3, -0.25) is 14.8 Å². The van der Waals surface area contributed by atoms with Crippen LogP contribution in [0.2, 0.25) is 0 Å². The number of carbonyl (C=O) groups is 1. The van der Waals surface area contributed by atoms with Gasteiger partial charge in [0, 0.05) is 24.5 Å². The van der Waals surface area contributed by atoms with E-state index in [0.29, 0.717) is 29.8 Å². The molecule has 1 aliphatic rings. The summed E-state index contributed by atoms with van der Waals surface area (Å²) in [6.45, 7) is 1.05. The molecule has 0 fully saturated rings. The summed E-state index contributed by atoms with van der Waals surface area (Å²) in [7, 11) is 0. The van der Waals surface area contributed by atoms with Gasteiger partial charge in [-0.25, -0.2) is 4.98 Å². The van der Waals surface area contributed by atoms with Gasteiger partial charge in [0.25, 0.3) is 5.91 Å². The SMILES string of the molecule is O=C(Nc1nc2cc3c(cc2s1)OCCO3)C(c1ccccc1)n1cccn1. The number of hydrogen-bond acceptors (Lipinski definition) is 6. The number of nitrogens with zero attached hydrogens (tertiary/aromatic N) is 3. The van der Waals surface area contributed by atoms with E-state index < -0.39 is 6.04 Å². The molecule has 1 atom stereocenters. The first-order chi connectivity index (χ1) is 13.8. The lowest BCUT2D eigenvalue weighted by Gasteiger charge is -2.17. The summed E-state index contributed by atoms with van der Waals surface area (Å²) < 4.78 is 13.8. The van der Waals surface area contributed by atoms with E-state index in [9.17, 15) is 4.79 Å². The van der Waals surface area contributed by atoms with Crippen molar-refractivity contribution >= 4 is 32.6 Å². The lowest BCUT2D eigenvalue weighted by Crippen LogP contribution is -2.27. The van der Waals surface area contributed by atoms with Crippen LogP contribution in [0.15, 0.2) is 60.9 Å². The summed E-state index contributed by atoms with van der Waals surface area (Å²) in [6.07, 6.45) is 3.43. The highest BCUT2D eigenvalue weighted by molar-refractivity contribution is 7.22. The second kappa shape index (κ2) is 6.97. The van der Waals surface area contributed by atoms with Gasteiger partial charge in [0.1, 0.15) is 13.2 Å². The molecule has 0 saturated heterocycles. The first-order valence-corrected chi connectivity index (χ1v) is 9.65. The second-order valence-electron chi connectivity index (χ2n) is 6.27. The molecule has 7 nitrogen and oxygen atoms in total. The molecule has 0 radical (unpaired) electrons. The van der Waals surface area contributed by atoms with Crippen molar-refractivity contribution in [2.75, 3.05) is 18.5 Å². The average Bonchev–Trinajstić information content (AvgIpc) is 3.36. The van der Waals surface area contributed by atoms with Crippen LogP contribution in [0.25, 0.3) is 10.2 Å². The summed E-state index contributed by atoms with van der Waals surface area (Å²) in [5.74, 6) is 1.19. The molecule has 0 spiro atoms. The van der Waals surface area contributed by atoms with Gasteiger partial charge in [-0.05, 0) is 11.6 Å². The maximum absolute atomic E-state index is 13.1. The summed E-state index contributed by atoms with van der Waals surface area (Å²) in [6, 6.07) is 14.5. The lowest BCUT2D eigenvalue weighted by molar-refractivity contribution is -0.118. The van der Waals surface area contributed by atoms with Crippen LogP contribution in [0.1, 0.15) is 11.6 Å². The molecular formula is C20H16N4O3S. The first-order valence-electron chi connectivity index (χ1n) is 8.83. The molecule has 4 aromatic rings. The molecule has 2 aromatic heterocycles. The van der Waals surface area contributed by atoms with Crippen molar-refractivity contribution in [2.24, 2.45) is 0 Å². The van der Waals surface area contributed by atoms with E-state index in [4.69, 9.17) is 9.47 Å². The Morgan fingerprint density at radius 2 is 1.89 bits per heavy atom. The summed E-state index contributed by atoms with van der Waals surface area (Å²) in [4.78, 5) is 17.6. The third kappa shape index (κ3) is 3.07. The maximum Gasteiger partial charge on any atom is 0.255 e. The summed E-state index contributed by atoms with van der Waals surface area (Å²) in [5.41, 5.74) is 1.61. The fourth-order valence-electron chi connectivity index (χ4n) is 3.19. The molecule has 0 bridgehead atoms. The number of rotatable bonds is 4. The van der Waals surface area contributed by atoms with Crippen molar-refractivity contribution in [3.63, 3.8) is 0 Å². The number of hydrogen-bond donors (Lipinski definition) is 1. The molecule has 5 rings (SSSR count). The van der Waals surface area contributed by atoms with Gasteiger partial charge < -0.3 is 9.47 Å². The molecule has 28 heavy (non-hydrogen) atoms. The van der Waals surface area contributed by atoms with E-state index in [1.54, 1.807) is 23.1 Å². The molecular weight excluding hydrogens is 376 g/mol. The molecule has 1 amide bonds. The maximum atomic E-state index is 13.1. The highest BCUT2D eigenvalue weighted by Gasteiger charge is 2.24. The average molecular weight is 392 g/mol. The molecule has 2 aromatic carbocycles. The Bertz CT molecular complexity index is 1080. The lowest BCUT2D eigenvalue weighted by atomic mass is 10.1. The summed E-state index contributed by atoms with van der Waals surface area (Å²) in [5, 5.41) is 7.71. The Morgan fingerprint density at radius 1 is 1.11 bits per heavy atom. The van der Waals surface area contributed by atoms with Gasteiger partial charge in [0.05, 0.1) is 10.2 Å². The van der Waals surface area contributed by atoms with Crippen molar-refractivity contribution in [1.82, 2.24) is 14.8 Å². The van der Waals surface area contributed by atoms with Crippen molar-refractivity contribution < 1.29 is 14.3 Å². The number of benzene rings is 2. The molecule has 0 saturated carbocycles. The summed E-state index contributed by atoms with van der Waals surface area (Å²) >= 11 is 1.40. The largest absolute Gasteiger partial charge is 0.486 e. The van der Waals surface area contributed by atoms with Crippen LogP contribution >= 0.6 is 11.3 Å². The van der Waals surface area contributed by atoms with E-state index in [2.05, 4.69) is 15.4 Å². The standard InChI is InChI=1S/C20H16N4O3S/c25-19(18(24-8-4-7-21-24)13-5-2-1-3-6-13)23-20-22-14-11-15-16(12-17(14)28-20)27-10-9-26-15/h1-8,11-12,18H,9-10H2,(H,22,23,25). The predicted octanol–water partition coefficient (Wildman–Crippen LogP) is 3.49. The van der Waals surface area contributed by atoms with Gasteiger partial charge in [-0.2, -0.15) is 5.10 Å². The highest BCUT2D eigenvalue weighted by atomic mass is 32.1. The quantitative estimate of drug-likeness (QED) is 0.575. The van der Waals surface area contributed by atoms with Gasteiger partial charge in [-0.15, -0.1) is 0 Å². The smallest absolute Gasteiger partial charge is 0.255 e. The van der Waals surface area contributed by atoms with Crippen molar-refractivity contribution in [2.45, 2.75) is 6.04 Å². The Balaban J connectivity index is 1.46. The first kappa shape index (κ1) is 16.8. The van der Waals surface area contributed by atoms with Crippen LogP contribution in [0.4, 0.5) is 5.13 Å². The zero-order chi connectivity index (χ0) is 18.9. The van der Waals surface area contributed by atoms with E-state index in [1.807, 2.05) is 42.5 Å². The third-order valence-electron chi connectivity index (χ3n) is 4.44. The molecule has 1 N–H and O–H groups in total. The fourth-order valence-corrected chi connectivity index (χ4v) is 4.06. The van der Waals surface area contributed by atoms with Crippen LogP contribution in [0.5, 0.6) is 11.5 Å². The molecule has 1 aliphatic heterocycles. The monoisotopic (exact) mass is 392 g/mol. The van der Waals surface area contributed by atoms with E-state index in [1.165, 1.54) is 11.3 Å². The number of amides is 1. The number of carbonyl (C=O) groups excluding carboxylic acids is 1. The minimum atomic E-state index is -0.580. The number of aromatic nitrogens is 3. The van der Waals surface area contributed by atoms with Gasteiger partial charge >= 0.3 is 0 Å². The van der Waals surface area contributed by atoms with E-state index >= 15 is 0 Å². The molecule has 0 aliphatic carbocycles. The van der Waals surface area contributed by atoms with Crippen LogP contribution < -0.4 is 14.8 Å². The third-order valence-corrected chi connectivity index (χ3v) is 5.37. The number of ether oxygens (including phenoxy) is 2. The second-order valence-corrected chi connectivity index (χ2v) is 7.30. The number of fused-ring (bicyclic) bond motifs is 2. The predicted molar refractivity (Wildman–Crippen MR) is 106 cm³/mol. The molecule has 3 heterocycles. The van der Waals surface area contributed by atoms with Crippen LogP contribution in [0, 0.1) is 0 Å². The van der Waals surface area contributed by atoms with Crippen molar-refractivity contribution in [3.05, 3.63) is 66.5 Å². The number of nitrogens with one attached hydrogen (secondary N) is 1. The van der Waals surface area contributed by atoms with Crippen LogP contribution in [-0.2, 0) is 4.79 Å². The number of thiazole rings is 1. The minimum Gasteiger partial charge on any atom is -0.486 e. The Morgan fingerprint density at radius 3 is 2.64 bits per heavy atom.